The van der Waals surface area contributed by atoms with Crippen molar-refractivity contribution in [2.24, 2.45) is 0 Å². The number of nitrogens with one attached hydrogen (secondary N) is 2. The van der Waals surface area contributed by atoms with E-state index in [2.05, 4.69) is 27.4 Å². The summed E-state index contributed by atoms with van der Waals surface area (Å²) in [5.41, 5.74) is 3.32. The van der Waals surface area contributed by atoms with Crippen LogP contribution < -0.4 is 5.32 Å². The second-order valence-corrected chi connectivity index (χ2v) is 6.56. The van der Waals surface area contributed by atoms with Gasteiger partial charge in [-0.25, -0.2) is 9.37 Å². The molecule has 25 heavy (non-hydrogen) atoms. The zero-order valence-electron chi connectivity index (χ0n) is 13.8. The number of H-pyrrole nitrogens is 1. The number of carbonyl (C=O) groups is 1. The summed E-state index contributed by atoms with van der Waals surface area (Å²) in [4.78, 5) is 19.7. The van der Waals surface area contributed by atoms with Crippen LogP contribution in [0, 0.1) is 12.7 Å². The molecule has 0 saturated heterocycles. The van der Waals surface area contributed by atoms with Crippen LogP contribution in [0.4, 0.5) is 10.1 Å². The van der Waals surface area contributed by atoms with Crippen LogP contribution >= 0.6 is 11.8 Å². The van der Waals surface area contributed by atoms with Crippen molar-refractivity contribution in [3.05, 3.63) is 77.4 Å². The molecule has 1 heterocycles. The topological polar surface area (TPSA) is 57.8 Å². The van der Waals surface area contributed by atoms with Gasteiger partial charge in [0.05, 0.1) is 17.1 Å². The fourth-order valence-electron chi connectivity index (χ4n) is 2.38. The fourth-order valence-corrected chi connectivity index (χ4v) is 3.12. The lowest BCUT2D eigenvalue weighted by molar-refractivity contribution is -0.113. The Kier molecular flexibility index (Phi) is 5.50. The summed E-state index contributed by atoms with van der Waals surface area (Å²) in [6.45, 7) is 1.97. The number of hydrogen-bond acceptors (Lipinski definition) is 3. The Morgan fingerprint density at radius 1 is 1.16 bits per heavy atom. The highest BCUT2D eigenvalue weighted by Crippen LogP contribution is 2.20. The molecular formula is C19H18FN3OS. The average molecular weight is 355 g/mol. The highest BCUT2D eigenvalue weighted by atomic mass is 32.2. The maximum atomic E-state index is 13.5. The number of rotatable bonds is 6. The number of imidazole rings is 1. The first-order valence-corrected chi connectivity index (χ1v) is 8.87. The van der Waals surface area contributed by atoms with Gasteiger partial charge >= 0.3 is 0 Å². The summed E-state index contributed by atoms with van der Waals surface area (Å²) >= 11 is 1.30. The molecule has 0 saturated carbocycles. The first kappa shape index (κ1) is 17.2. The molecule has 0 aliphatic rings. The molecule has 0 fully saturated rings. The number of nitrogens with zero attached hydrogens (tertiary/aromatic N) is 1. The summed E-state index contributed by atoms with van der Waals surface area (Å²) in [5, 5.41) is 3.25. The lowest BCUT2D eigenvalue weighted by Crippen LogP contribution is -2.15. The molecule has 2 aromatic carbocycles. The van der Waals surface area contributed by atoms with Crippen LogP contribution in [0.3, 0.4) is 0 Å². The summed E-state index contributed by atoms with van der Waals surface area (Å²) < 4.78 is 13.5. The summed E-state index contributed by atoms with van der Waals surface area (Å²) in [5.74, 6) is -0.555. The molecule has 0 atom stereocenters. The molecule has 0 aliphatic heterocycles. The minimum atomic E-state index is -0.445. The first-order valence-electron chi connectivity index (χ1n) is 7.88. The molecule has 0 unspecified atom stereocenters. The molecule has 3 aromatic rings. The van der Waals surface area contributed by atoms with E-state index in [-0.39, 0.29) is 17.3 Å². The third kappa shape index (κ3) is 4.70. The molecule has 0 aliphatic carbocycles. The number of hydrogen-bond donors (Lipinski definition) is 2. The highest BCUT2D eigenvalue weighted by Gasteiger charge is 2.11. The number of thioether (sulfide) groups is 1. The number of anilines is 1. The van der Waals surface area contributed by atoms with Gasteiger partial charge in [-0.1, -0.05) is 54.2 Å². The van der Waals surface area contributed by atoms with Crippen molar-refractivity contribution in [3.8, 4) is 0 Å². The Labute approximate surface area is 149 Å². The van der Waals surface area contributed by atoms with Crippen LogP contribution in [-0.2, 0) is 11.2 Å². The van der Waals surface area contributed by atoms with E-state index >= 15 is 0 Å². The molecule has 0 spiro atoms. The van der Waals surface area contributed by atoms with Gasteiger partial charge in [-0.05, 0) is 24.6 Å². The minimum Gasteiger partial charge on any atom is -0.337 e. The third-order valence-corrected chi connectivity index (χ3v) is 4.54. The number of carbonyl (C=O) groups excluding carboxylic acids is 1. The predicted molar refractivity (Wildman–Crippen MR) is 98.3 cm³/mol. The van der Waals surface area contributed by atoms with Crippen molar-refractivity contribution in [1.82, 2.24) is 9.97 Å². The second-order valence-electron chi connectivity index (χ2n) is 5.59. The number of halogens is 1. The molecule has 3 rings (SSSR count). The van der Waals surface area contributed by atoms with Crippen LogP contribution in [-0.4, -0.2) is 21.6 Å². The zero-order valence-corrected chi connectivity index (χ0v) is 14.6. The smallest absolute Gasteiger partial charge is 0.234 e. The Morgan fingerprint density at radius 3 is 2.64 bits per heavy atom. The number of para-hydroxylation sites is 1. The SMILES string of the molecule is Cc1[nH]c(SCC(=O)Nc2ccccc2F)nc1Cc1ccccc1. The Balaban J connectivity index is 1.57. The highest BCUT2D eigenvalue weighted by molar-refractivity contribution is 7.99. The standard InChI is InChI=1S/C19H18FN3OS/c1-13-17(11-14-7-3-2-4-8-14)23-19(21-13)25-12-18(24)22-16-10-6-5-9-15(16)20/h2-10H,11-12H2,1H3,(H,21,23)(H,22,24). The van der Waals surface area contributed by atoms with Crippen LogP contribution in [0.1, 0.15) is 17.0 Å². The number of aromatic amines is 1. The molecule has 4 nitrogen and oxygen atoms in total. The van der Waals surface area contributed by atoms with E-state index in [1.807, 2.05) is 25.1 Å². The van der Waals surface area contributed by atoms with Gasteiger partial charge < -0.3 is 10.3 Å². The maximum absolute atomic E-state index is 13.5. The van der Waals surface area contributed by atoms with Gasteiger partial charge in [0.2, 0.25) is 5.91 Å². The minimum absolute atomic E-state index is 0.159. The third-order valence-electron chi connectivity index (χ3n) is 3.67. The van der Waals surface area contributed by atoms with E-state index in [4.69, 9.17) is 0 Å². The van der Waals surface area contributed by atoms with E-state index in [0.717, 1.165) is 17.8 Å². The quantitative estimate of drug-likeness (QED) is 0.652. The molecule has 6 heteroatoms. The van der Waals surface area contributed by atoms with Gasteiger partial charge in [-0.3, -0.25) is 4.79 Å². The summed E-state index contributed by atoms with van der Waals surface area (Å²) in [6, 6.07) is 16.2. The zero-order chi connectivity index (χ0) is 17.6. The summed E-state index contributed by atoms with van der Waals surface area (Å²) in [7, 11) is 0. The van der Waals surface area contributed by atoms with E-state index in [1.54, 1.807) is 12.1 Å². The van der Waals surface area contributed by atoms with Gasteiger partial charge in [0.1, 0.15) is 5.82 Å². The van der Waals surface area contributed by atoms with Gasteiger partial charge in [0.25, 0.3) is 0 Å². The molecular weight excluding hydrogens is 337 g/mol. The molecule has 1 amide bonds. The predicted octanol–water partition coefficient (Wildman–Crippen LogP) is 4.18. The average Bonchev–Trinajstić information content (AvgIpc) is 2.96. The lowest BCUT2D eigenvalue weighted by atomic mass is 10.1. The van der Waals surface area contributed by atoms with Crippen molar-refractivity contribution in [2.75, 3.05) is 11.1 Å². The Bertz CT molecular complexity index is 864. The molecule has 0 bridgehead atoms. The van der Waals surface area contributed by atoms with E-state index < -0.39 is 5.82 Å². The number of aromatic nitrogens is 2. The fraction of sp³-hybridized carbons (Fsp3) is 0.158. The normalized spacial score (nSPS) is 10.6. The molecule has 1 aromatic heterocycles. The maximum Gasteiger partial charge on any atom is 0.234 e. The van der Waals surface area contributed by atoms with Gasteiger partial charge in [0.15, 0.2) is 5.16 Å². The van der Waals surface area contributed by atoms with Gasteiger partial charge in [0, 0.05) is 12.1 Å². The second kappa shape index (κ2) is 7.98. The van der Waals surface area contributed by atoms with E-state index in [1.165, 1.54) is 29.5 Å². The Hall–Kier alpha value is -2.60. The van der Waals surface area contributed by atoms with Crippen molar-refractivity contribution in [2.45, 2.75) is 18.5 Å². The number of benzene rings is 2. The van der Waals surface area contributed by atoms with Crippen LogP contribution in [0.25, 0.3) is 0 Å². The van der Waals surface area contributed by atoms with Crippen molar-refractivity contribution in [3.63, 3.8) is 0 Å². The largest absolute Gasteiger partial charge is 0.337 e. The molecule has 2 N–H and O–H groups in total. The van der Waals surface area contributed by atoms with Crippen LogP contribution in [0.2, 0.25) is 0 Å². The number of amides is 1. The lowest BCUT2D eigenvalue weighted by Gasteiger charge is -2.04. The molecule has 0 radical (unpaired) electrons. The van der Waals surface area contributed by atoms with Gasteiger partial charge in [-0.2, -0.15) is 0 Å². The van der Waals surface area contributed by atoms with Crippen LogP contribution in [0.5, 0.6) is 0 Å². The Morgan fingerprint density at radius 2 is 1.88 bits per heavy atom. The van der Waals surface area contributed by atoms with Crippen molar-refractivity contribution < 1.29 is 9.18 Å². The monoisotopic (exact) mass is 355 g/mol. The summed E-state index contributed by atoms with van der Waals surface area (Å²) in [6.07, 6.45) is 0.741. The van der Waals surface area contributed by atoms with Crippen LogP contribution in [0.15, 0.2) is 59.8 Å². The van der Waals surface area contributed by atoms with E-state index in [9.17, 15) is 9.18 Å². The number of aryl methyl sites for hydroxylation is 1. The van der Waals surface area contributed by atoms with Crippen molar-refractivity contribution >= 4 is 23.4 Å². The first-order chi connectivity index (χ1) is 12.1. The molecule has 128 valence electrons. The van der Waals surface area contributed by atoms with Gasteiger partial charge in [-0.15, -0.1) is 0 Å². The van der Waals surface area contributed by atoms with Crippen molar-refractivity contribution in [1.29, 1.82) is 0 Å². The van der Waals surface area contributed by atoms with E-state index in [0.29, 0.717) is 5.16 Å².